The fourth-order valence-corrected chi connectivity index (χ4v) is 4.35. The number of fused-ring (bicyclic) bond motifs is 3. The minimum Gasteiger partial charge on any atom is -0.462 e. The van der Waals surface area contributed by atoms with Crippen molar-refractivity contribution >= 4 is 28.3 Å². The summed E-state index contributed by atoms with van der Waals surface area (Å²) >= 11 is 0. The van der Waals surface area contributed by atoms with Gasteiger partial charge in [-0.15, -0.1) is 0 Å². The van der Waals surface area contributed by atoms with Crippen molar-refractivity contribution in [3.8, 4) is 11.5 Å². The molecule has 0 N–H and O–H groups in total. The average molecular weight is 477 g/mol. The van der Waals surface area contributed by atoms with E-state index < -0.39 is 0 Å². The summed E-state index contributed by atoms with van der Waals surface area (Å²) in [6.45, 7) is 5.51. The molecule has 0 aliphatic heterocycles. The van der Waals surface area contributed by atoms with E-state index in [0.29, 0.717) is 46.8 Å². The van der Waals surface area contributed by atoms with Crippen molar-refractivity contribution in [3.63, 3.8) is 0 Å². The first-order valence-corrected chi connectivity index (χ1v) is 11.8. The molecule has 0 radical (unpaired) electrons. The van der Waals surface area contributed by atoms with Gasteiger partial charge in [0.05, 0.1) is 12.2 Å². The molecule has 5 nitrogen and oxygen atoms in total. The van der Waals surface area contributed by atoms with Gasteiger partial charge < -0.3 is 9.47 Å². The van der Waals surface area contributed by atoms with Crippen LogP contribution in [0.25, 0.3) is 10.8 Å². The highest BCUT2D eigenvalue weighted by Gasteiger charge is 2.32. The minimum absolute atomic E-state index is 0.182. The lowest BCUT2D eigenvalue weighted by atomic mass is 9.82. The summed E-state index contributed by atoms with van der Waals surface area (Å²) in [6.07, 6.45) is 1.43. The number of carbonyl (C=O) groups is 3. The molecule has 1 aliphatic rings. The molecule has 4 aromatic carbocycles. The standard InChI is InChI=1S/C31H24O5/c1-19(2)31(34)35-16-6-7-20-12-14-23(15-13-20)36-27-11-5-10-24-28(27)30(33)26-18-22-9-4-3-8-21(22)17-25(26)29(24)32/h3-5,8-15,17-18H,1,6-7,16H2,2H3. The van der Waals surface area contributed by atoms with Crippen LogP contribution >= 0.6 is 0 Å². The topological polar surface area (TPSA) is 69.7 Å². The molecule has 4 aromatic rings. The van der Waals surface area contributed by atoms with E-state index in [9.17, 15) is 14.4 Å². The van der Waals surface area contributed by atoms with Crippen molar-refractivity contribution < 1.29 is 23.9 Å². The van der Waals surface area contributed by atoms with Crippen LogP contribution in [0.1, 0.15) is 50.8 Å². The smallest absolute Gasteiger partial charge is 0.333 e. The lowest BCUT2D eigenvalue weighted by Crippen LogP contribution is -2.21. The molecule has 0 saturated heterocycles. The van der Waals surface area contributed by atoms with Crippen molar-refractivity contribution in [2.45, 2.75) is 19.8 Å². The minimum atomic E-state index is -0.381. The SMILES string of the molecule is C=C(C)C(=O)OCCCc1ccc(Oc2cccc3c2C(=O)c2cc4ccccc4cc2C3=O)cc1. The van der Waals surface area contributed by atoms with E-state index in [2.05, 4.69) is 6.58 Å². The molecule has 36 heavy (non-hydrogen) atoms. The molecule has 0 heterocycles. The summed E-state index contributed by atoms with van der Waals surface area (Å²) < 4.78 is 11.2. The van der Waals surface area contributed by atoms with E-state index in [0.717, 1.165) is 22.8 Å². The van der Waals surface area contributed by atoms with Crippen molar-refractivity contribution in [3.05, 3.63) is 119 Å². The van der Waals surface area contributed by atoms with Crippen LogP contribution in [0.3, 0.4) is 0 Å². The van der Waals surface area contributed by atoms with Gasteiger partial charge >= 0.3 is 5.97 Å². The van der Waals surface area contributed by atoms with Gasteiger partial charge in [0.2, 0.25) is 0 Å². The number of hydrogen-bond acceptors (Lipinski definition) is 5. The Bertz CT molecular complexity index is 1530. The van der Waals surface area contributed by atoms with Crippen molar-refractivity contribution in [1.82, 2.24) is 0 Å². The third-order valence-electron chi connectivity index (χ3n) is 6.22. The number of benzene rings is 4. The highest BCUT2D eigenvalue weighted by Crippen LogP contribution is 2.37. The molecule has 5 rings (SSSR count). The van der Waals surface area contributed by atoms with Gasteiger partial charge in [0.1, 0.15) is 11.5 Å². The second kappa shape index (κ2) is 9.62. The number of aryl methyl sites for hydroxylation is 1. The fourth-order valence-electron chi connectivity index (χ4n) is 4.35. The largest absolute Gasteiger partial charge is 0.462 e. The average Bonchev–Trinajstić information content (AvgIpc) is 2.89. The van der Waals surface area contributed by atoms with Gasteiger partial charge in [0.25, 0.3) is 0 Å². The summed E-state index contributed by atoms with van der Waals surface area (Å²) in [7, 11) is 0. The van der Waals surface area contributed by atoms with Crippen molar-refractivity contribution in [1.29, 1.82) is 0 Å². The maximum atomic E-state index is 13.5. The van der Waals surface area contributed by atoms with Gasteiger partial charge in [0, 0.05) is 22.3 Å². The summed E-state index contributed by atoms with van der Waals surface area (Å²) in [5.74, 6) is 0.128. The Kier molecular flexibility index (Phi) is 6.21. The Hall–Kier alpha value is -4.51. The lowest BCUT2D eigenvalue weighted by Gasteiger charge is -2.21. The predicted molar refractivity (Wildman–Crippen MR) is 138 cm³/mol. The quantitative estimate of drug-likeness (QED) is 0.153. The Balaban J connectivity index is 1.35. The molecule has 0 fully saturated rings. The van der Waals surface area contributed by atoms with E-state index in [4.69, 9.17) is 9.47 Å². The van der Waals surface area contributed by atoms with Gasteiger partial charge in [-0.2, -0.15) is 0 Å². The third kappa shape index (κ3) is 4.43. The highest BCUT2D eigenvalue weighted by molar-refractivity contribution is 6.30. The zero-order chi connectivity index (χ0) is 25.2. The normalized spacial score (nSPS) is 12.1. The number of ketones is 2. The first kappa shape index (κ1) is 23.2. The second-order valence-corrected chi connectivity index (χ2v) is 8.85. The van der Waals surface area contributed by atoms with E-state index in [1.165, 1.54) is 0 Å². The maximum Gasteiger partial charge on any atom is 0.333 e. The Morgan fingerprint density at radius 2 is 1.47 bits per heavy atom. The van der Waals surface area contributed by atoms with Crippen LogP contribution in [-0.4, -0.2) is 24.1 Å². The Labute approximate surface area is 209 Å². The van der Waals surface area contributed by atoms with Crippen LogP contribution < -0.4 is 4.74 Å². The van der Waals surface area contributed by atoms with Crippen LogP contribution in [0, 0.1) is 0 Å². The number of hydrogen-bond donors (Lipinski definition) is 0. The molecule has 0 spiro atoms. The summed E-state index contributed by atoms with van der Waals surface area (Å²) in [6, 6.07) is 23.9. The first-order chi connectivity index (χ1) is 17.4. The van der Waals surface area contributed by atoms with Crippen LogP contribution in [0.2, 0.25) is 0 Å². The van der Waals surface area contributed by atoms with E-state index in [-0.39, 0.29) is 23.1 Å². The summed E-state index contributed by atoms with van der Waals surface area (Å²) in [5.41, 5.74) is 2.90. The van der Waals surface area contributed by atoms with Crippen molar-refractivity contribution in [2.75, 3.05) is 6.61 Å². The van der Waals surface area contributed by atoms with Gasteiger partial charge in [-0.25, -0.2) is 4.79 Å². The fraction of sp³-hybridized carbons (Fsp3) is 0.129. The van der Waals surface area contributed by atoms with Gasteiger partial charge in [0.15, 0.2) is 11.6 Å². The highest BCUT2D eigenvalue weighted by atomic mass is 16.5. The molecule has 178 valence electrons. The molecule has 0 atom stereocenters. The van der Waals surface area contributed by atoms with Crippen LogP contribution in [0.5, 0.6) is 11.5 Å². The zero-order valence-electron chi connectivity index (χ0n) is 19.9. The second-order valence-electron chi connectivity index (χ2n) is 8.85. The molecule has 0 aromatic heterocycles. The van der Waals surface area contributed by atoms with Crippen molar-refractivity contribution in [2.24, 2.45) is 0 Å². The van der Waals surface area contributed by atoms with Crippen LogP contribution in [-0.2, 0) is 16.0 Å². The number of rotatable bonds is 7. The Morgan fingerprint density at radius 1 is 0.806 bits per heavy atom. The zero-order valence-corrected chi connectivity index (χ0v) is 19.9. The summed E-state index contributed by atoms with van der Waals surface area (Å²) in [5, 5.41) is 1.83. The molecule has 0 saturated carbocycles. The van der Waals surface area contributed by atoms with Crippen LogP contribution in [0.4, 0.5) is 0 Å². The lowest BCUT2D eigenvalue weighted by molar-refractivity contribution is -0.139. The molecule has 0 bridgehead atoms. The van der Waals surface area contributed by atoms with Crippen LogP contribution in [0.15, 0.2) is 91.0 Å². The molecule has 0 amide bonds. The van der Waals surface area contributed by atoms with E-state index >= 15 is 0 Å². The molecule has 1 aliphatic carbocycles. The first-order valence-electron chi connectivity index (χ1n) is 11.8. The number of ether oxygens (including phenoxy) is 2. The monoisotopic (exact) mass is 476 g/mol. The maximum absolute atomic E-state index is 13.5. The number of esters is 1. The molecular formula is C31H24O5. The van der Waals surface area contributed by atoms with Gasteiger partial charge in [-0.05, 0) is 66.4 Å². The molecular weight excluding hydrogens is 452 g/mol. The predicted octanol–water partition coefficient (Wildman–Crippen LogP) is 6.46. The van der Waals surface area contributed by atoms with E-state index in [1.807, 2.05) is 48.5 Å². The Morgan fingerprint density at radius 3 is 2.14 bits per heavy atom. The third-order valence-corrected chi connectivity index (χ3v) is 6.22. The van der Waals surface area contributed by atoms with Gasteiger partial charge in [-0.3, -0.25) is 9.59 Å². The summed E-state index contributed by atoms with van der Waals surface area (Å²) in [4.78, 5) is 38.3. The number of carbonyl (C=O) groups excluding carboxylic acids is 3. The van der Waals surface area contributed by atoms with Gasteiger partial charge in [-0.1, -0.05) is 55.1 Å². The van der Waals surface area contributed by atoms with E-state index in [1.54, 1.807) is 37.3 Å². The molecule has 5 heteroatoms. The molecule has 0 unspecified atom stereocenters.